The van der Waals surface area contributed by atoms with Gasteiger partial charge in [0, 0.05) is 30.3 Å². The van der Waals surface area contributed by atoms with Gasteiger partial charge in [0.15, 0.2) is 0 Å². The van der Waals surface area contributed by atoms with Gasteiger partial charge in [-0.25, -0.2) is 4.98 Å². The molecule has 1 fully saturated rings. The number of hydrogen-bond donors (Lipinski definition) is 2. The summed E-state index contributed by atoms with van der Waals surface area (Å²) in [6.45, 7) is 3.94. The number of aryl methyl sites for hydroxylation is 2. The van der Waals surface area contributed by atoms with E-state index >= 15 is 0 Å². The Hall–Kier alpha value is -2.14. The molecule has 0 bridgehead atoms. The summed E-state index contributed by atoms with van der Waals surface area (Å²) in [4.78, 5) is 10.8. The van der Waals surface area contributed by atoms with Crippen LogP contribution < -0.4 is 10.6 Å². The van der Waals surface area contributed by atoms with Crippen molar-refractivity contribution < 1.29 is 5.11 Å². The molecule has 1 saturated heterocycles. The molecule has 5 heteroatoms. The number of anilines is 2. The summed E-state index contributed by atoms with van der Waals surface area (Å²) >= 11 is 0. The Bertz CT molecular complexity index is 671. The van der Waals surface area contributed by atoms with E-state index in [-0.39, 0.29) is 12.0 Å². The number of nitrogens with two attached hydrogens (primary N) is 1. The minimum absolute atomic E-state index is 0.0549. The molecule has 2 aromatic rings. The molecule has 1 atom stereocenters. The zero-order chi connectivity index (χ0) is 17.7. The predicted molar refractivity (Wildman–Crippen MR) is 102 cm³/mol. The third-order valence-electron chi connectivity index (χ3n) is 5.19. The van der Waals surface area contributed by atoms with Crippen LogP contribution in [0.4, 0.5) is 11.8 Å². The number of aliphatic hydroxyl groups excluding tert-OH is 1. The van der Waals surface area contributed by atoms with Crippen LogP contribution >= 0.6 is 0 Å². The molecule has 1 aromatic heterocycles. The van der Waals surface area contributed by atoms with E-state index < -0.39 is 0 Å². The SMILES string of the molecule is Cc1cc(N2CCCC(CO)(CCCc3ccccc3)C2)nc(N)n1. The summed E-state index contributed by atoms with van der Waals surface area (Å²) in [6, 6.07) is 12.5. The third kappa shape index (κ3) is 4.48. The van der Waals surface area contributed by atoms with Crippen LogP contribution in [-0.4, -0.2) is 34.8 Å². The summed E-state index contributed by atoms with van der Waals surface area (Å²) in [5.41, 5.74) is 8.00. The fourth-order valence-electron chi connectivity index (χ4n) is 3.86. The molecule has 0 amide bonds. The van der Waals surface area contributed by atoms with Crippen molar-refractivity contribution in [3.05, 3.63) is 47.7 Å². The largest absolute Gasteiger partial charge is 0.396 e. The Balaban J connectivity index is 1.66. The molecule has 0 aliphatic carbocycles. The number of benzene rings is 1. The number of hydrogen-bond acceptors (Lipinski definition) is 5. The summed E-state index contributed by atoms with van der Waals surface area (Å²) in [7, 11) is 0. The molecule has 3 rings (SSSR count). The molecule has 0 radical (unpaired) electrons. The van der Waals surface area contributed by atoms with E-state index in [4.69, 9.17) is 5.73 Å². The van der Waals surface area contributed by atoms with E-state index in [1.165, 1.54) is 5.56 Å². The molecule has 134 valence electrons. The summed E-state index contributed by atoms with van der Waals surface area (Å²) in [5, 5.41) is 10.1. The van der Waals surface area contributed by atoms with Gasteiger partial charge in [-0.15, -0.1) is 0 Å². The van der Waals surface area contributed by atoms with Gasteiger partial charge in [0.25, 0.3) is 0 Å². The summed E-state index contributed by atoms with van der Waals surface area (Å²) < 4.78 is 0. The third-order valence-corrected chi connectivity index (χ3v) is 5.19. The number of aromatic nitrogens is 2. The predicted octanol–water partition coefficient (Wildman–Crippen LogP) is 2.97. The molecule has 0 spiro atoms. The standard InChI is InChI=1S/C20H28N4O/c1-16-13-18(23-19(21)22-16)24-12-6-11-20(14-24,15-25)10-5-9-17-7-3-2-4-8-17/h2-4,7-8,13,25H,5-6,9-12,14-15H2,1H3,(H2,21,22,23). The number of nitrogen functional groups attached to an aromatic ring is 1. The van der Waals surface area contributed by atoms with Gasteiger partial charge in [0.05, 0.1) is 6.61 Å². The molecule has 1 aliphatic rings. The average Bonchev–Trinajstić information content (AvgIpc) is 2.62. The topological polar surface area (TPSA) is 75.3 Å². The Morgan fingerprint density at radius 3 is 2.76 bits per heavy atom. The van der Waals surface area contributed by atoms with Gasteiger partial charge >= 0.3 is 0 Å². The van der Waals surface area contributed by atoms with E-state index in [2.05, 4.69) is 39.1 Å². The molecule has 1 unspecified atom stereocenters. The quantitative estimate of drug-likeness (QED) is 0.845. The van der Waals surface area contributed by atoms with Gasteiger partial charge in [0.1, 0.15) is 5.82 Å². The fraction of sp³-hybridized carbons (Fsp3) is 0.500. The molecule has 3 N–H and O–H groups in total. The minimum Gasteiger partial charge on any atom is -0.396 e. The monoisotopic (exact) mass is 340 g/mol. The van der Waals surface area contributed by atoms with Crippen LogP contribution in [0.1, 0.15) is 36.9 Å². The maximum Gasteiger partial charge on any atom is 0.222 e. The highest BCUT2D eigenvalue weighted by Gasteiger charge is 2.35. The van der Waals surface area contributed by atoms with Gasteiger partial charge in [-0.3, -0.25) is 0 Å². The van der Waals surface area contributed by atoms with E-state index in [0.717, 1.165) is 56.7 Å². The molecule has 25 heavy (non-hydrogen) atoms. The first kappa shape index (κ1) is 17.7. The normalized spacial score (nSPS) is 20.6. The van der Waals surface area contributed by atoms with Gasteiger partial charge in [-0.1, -0.05) is 30.3 Å². The smallest absolute Gasteiger partial charge is 0.222 e. The van der Waals surface area contributed by atoms with Crippen molar-refractivity contribution in [1.29, 1.82) is 0 Å². The van der Waals surface area contributed by atoms with Crippen molar-refractivity contribution in [2.75, 3.05) is 30.3 Å². The van der Waals surface area contributed by atoms with E-state index in [1.54, 1.807) is 0 Å². The molecule has 5 nitrogen and oxygen atoms in total. The van der Waals surface area contributed by atoms with Gasteiger partial charge in [-0.05, 0) is 44.6 Å². The molecule has 1 aliphatic heterocycles. The van der Waals surface area contributed by atoms with Crippen LogP contribution in [0.3, 0.4) is 0 Å². The van der Waals surface area contributed by atoms with Crippen LogP contribution in [0.2, 0.25) is 0 Å². The van der Waals surface area contributed by atoms with Gasteiger partial charge in [-0.2, -0.15) is 4.98 Å². The van der Waals surface area contributed by atoms with Gasteiger partial charge in [0.2, 0.25) is 5.95 Å². The average molecular weight is 340 g/mol. The van der Waals surface area contributed by atoms with Crippen molar-refractivity contribution in [3.63, 3.8) is 0 Å². The number of nitrogens with zero attached hydrogens (tertiary/aromatic N) is 3. The van der Waals surface area contributed by atoms with E-state index in [1.807, 2.05) is 19.1 Å². The molecule has 1 aromatic carbocycles. The molecule has 0 saturated carbocycles. The van der Waals surface area contributed by atoms with Crippen LogP contribution in [0, 0.1) is 12.3 Å². The van der Waals surface area contributed by atoms with Gasteiger partial charge < -0.3 is 15.7 Å². The molecular formula is C20H28N4O. The lowest BCUT2D eigenvalue weighted by atomic mass is 9.76. The number of rotatable bonds is 6. The Labute approximate surface area is 149 Å². The second kappa shape index (κ2) is 7.83. The highest BCUT2D eigenvalue weighted by atomic mass is 16.3. The summed E-state index contributed by atoms with van der Waals surface area (Å²) in [5.74, 6) is 1.20. The lowest BCUT2D eigenvalue weighted by Gasteiger charge is -2.42. The maximum atomic E-state index is 10.1. The second-order valence-electron chi connectivity index (χ2n) is 7.25. The highest BCUT2D eigenvalue weighted by molar-refractivity contribution is 5.44. The fourth-order valence-corrected chi connectivity index (χ4v) is 3.86. The van der Waals surface area contributed by atoms with Crippen molar-refractivity contribution in [2.45, 2.75) is 39.0 Å². The van der Waals surface area contributed by atoms with E-state index in [0.29, 0.717) is 5.95 Å². The second-order valence-corrected chi connectivity index (χ2v) is 7.25. The van der Waals surface area contributed by atoms with Crippen LogP contribution in [0.15, 0.2) is 36.4 Å². The van der Waals surface area contributed by atoms with Crippen molar-refractivity contribution >= 4 is 11.8 Å². The van der Waals surface area contributed by atoms with Crippen LogP contribution in [0.5, 0.6) is 0 Å². The van der Waals surface area contributed by atoms with Crippen LogP contribution in [0.25, 0.3) is 0 Å². The van der Waals surface area contributed by atoms with Crippen molar-refractivity contribution in [2.24, 2.45) is 5.41 Å². The van der Waals surface area contributed by atoms with E-state index in [9.17, 15) is 5.11 Å². The lowest BCUT2D eigenvalue weighted by molar-refractivity contribution is 0.0939. The first-order valence-corrected chi connectivity index (χ1v) is 9.11. The summed E-state index contributed by atoms with van der Waals surface area (Å²) in [6.07, 6.45) is 5.29. The molecule has 2 heterocycles. The maximum absolute atomic E-state index is 10.1. The Morgan fingerprint density at radius 1 is 1.24 bits per heavy atom. The Morgan fingerprint density at radius 2 is 2.04 bits per heavy atom. The Kier molecular flexibility index (Phi) is 5.53. The lowest BCUT2D eigenvalue weighted by Crippen LogP contribution is -2.46. The number of aliphatic hydroxyl groups is 1. The zero-order valence-electron chi connectivity index (χ0n) is 15.0. The number of piperidine rings is 1. The zero-order valence-corrected chi connectivity index (χ0v) is 15.0. The first-order chi connectivity index (χ1) is 12.1. The minimum atomic E-state index is -0.0549. The molecular weight excluding hydrogens is 312 g/mol. The van der Waals surface area contributed by atoms with Crippen molar-refractivity contribution in [3.8, 4) is 0 Å². The highest BCUT2D eigenvalue weighted by Crippen LogP contribution is 2.36. The van der Waals surface area contributed by atoms with Crippen LogP contribution in [-0.2, 0) is 6.42 Å². The van der Waals surface area contributed by atoms with Crippen molar-refractivity contribution in [1.82, 2.24) is 9.97 Å². The first-order valence-electron chi connectivity index (χ1n) is 9.11.